The number of furan rings is 1. The van der Waals surface area contributed by atoms with Crippen LogP contribution in [0.4, 0.5) is 0 Å². The predicted molar refractivity (Wildman–Crippen MR) is 95.2 cm³/mol. The lowest BCUT2D eigenvalue weighted by atomic mass is 10.1. The fraction of sp³-hybridized carbons (Fsp3) is 0.294. The number of sulfonamides is 1. The minimum atomic E-state index is -3.47. The first-order valence-corrected chi connectivity index (χ1v) is 9.01. The molecule has 1 N–H and O–H groups in total. The first-order chi connectivity index (χ1) is 11.6. The van der Waals surface area contributed by atoms with Gasteiger partial charge in [0, 0.05) is 14.1 Å². The smallest absolute Gasteiger partial charge is 0.274 e. The monoisotopic (exact) mass is 363 g/mol. The van der Waals surface area contributed by atoms with Crippen LogP contribution in [0, 0.1) is 13.8 Å². The first-order valence-electron chi connectivity index (χ1n) is 7.57. The predicted octanol–water partition coefficient (Wildman–Crippen LogP) is 2.30. The molecule has 1 aromatic carbocycles. The van der Waals surface area contributed by atoms with Gasteiger partial charge in [-0.1, -0.05) is 12.1 Å². The third kappa shape index (κ3) is 4.15. The molecule has 0 fully saturated rings. The Bertz CT molecular complexity index is 910. The topological polar surface area (TPSA) is 92.0 Å². The first kappa shape index (κ1) is 18.9. The summed E-state index contributed by atoms with van der Waals surface area (Å²) in [6.07, 6.45) is 0. The normalized spacial score (nSPS) is 12.5. The maximum atomic E-state index is 12.1. The average Bonchev–Trinajstić information content (AvgIpc) is 2.90. The summed E-state index contributed by atoms with van der Waals surface area (Å²) in [4.78, 5) is 12.3. The van der Waals surface area contributed by atoms with Gasteiger partial charge >= 0.3 is 0 Å². The van der Waals surface area contributed by atoms with Gasteiger partial charge in [-0.3, -0.25) is 4.79 Å². The lowest BCUT2D eigenvalue weighted by molar-refractivity contribution is 0.0953. The van der Waals surface area contributed by atoms with Crippen LogP contribution in [0.5, 0.6) is 0 Å². The molecule has 134 valence electrons. The van der Waals surface area contributed by atoms with E-state index in [0.29, 0.717) is 28.4 Å². The number of carbonyl (C=O) groups excluding carboxylic acids is 1. The van der Waals surface area contributed by atoms with Gasteiger partial charge in [0.1, 0.15) is 11.5 Å². The molecule has 0 spiro atoms. The second kappa shape index (κ2) is 7.20. The summed E-state index contributed by atoms with van der Waals surface area (Å²) in [5, 5.41) is 4.06. The van der Waals surface area contributed by atoms with Crippen molar-refractivity contribution in [1.82, 2.24) is 9.73 Å². The largest absolute Gasteiger partial charge is 0.466 e. The van der Waals surface area contributed by atoms with Crippen molar-refractivity contribution in [2.45, 2.75) is 25.7 Å². The number of benzene rings is 1. The Balaban J connectivity index is 2.15. The summed E-state index contributed by atoms with van der Waals surface area (Å²) in [6, 6.07) is 7.96. The summed E-state index contributed by atoms with van der Waals surface area (Å²) in [5.41, 5.74) is 4.17. The molecule has 0 atom stereocenters. The zero-order chi connectivity index (χ0) is 18.8. The molecule has 8 heteroatoms. The van der Waals surface area contributed by atoms with Crippen LogP contribution in [-0.4, -0.2) is 38.4 Å². The van der Waals surface area contributed by atoms with Crippen LogP contribution in [0.3, 0.4) is 0 Å². The number of aryl methyl sites for hydroxylation is 2. The van der Waals surface area contributed by atoms with Gasteiger partial charge in [-0.25, -0.2) is 18.1 Å². The van der Waals surface area contributed by atoms with Crippen molar-refractivity contribution in [3.05, 3.63) is 53.0 Å². The number of hydrogen-bond donors (Lipinski definition) is 1. The van der Waals surface area contributed by atoms with E-state index in [1.807, 2.05) is 0 Å². The quantitative estimate of drug-likeness (QED) is 0.652. The molecule has 1 amide bonds. The lowest BCUT2D eigenvalue weighted by Crippen LogP contribution is -2.22. The standard InChI is InChI=1S/C17H21N3O4S/c1-11-10-16(13(3)24-11)17(21)19-18-12(2)14-6-8-15(9-7-14)25(22,23)20(4)5/h6-10H,1-5H3,(H,19,21)/b18-12-. The average molecular weight is 363 g/mol. The van der Waals surface area contributed by atoms with Crippen LogP contribution in [-0.2, 0) is 10.0 Å². The molecule has 0 saturated carbocycles. The van der Waals surface area contributed by atoms with Crippen LogP contribution in [0.15, 0.2) is 44.7 Å². The molecule has 25 heavy (non-hydrogen) atoms. The van der Waals surface area contributed by atoms with Gasteiger partial charge in [-0.15, -0.1) is 0 Å². The number of hydrazone groups is 1. The van der Waals surface area contributed by atoms with Gasteiger partial charge in [0.05, 0.1) is 16.2 Å². The number of amides is 1. The Morgan fingerprint density at radius 1 is 1.16 bits per heavy atom. The summed E-state index contributed by atoms with van der Waals surface area (Å²) < 4.78 is 30.6. The molecule has 2 rings (SSSR count). The molecule has 0 bridgehead atoms. The molecule has 1 aromatic heterocycles. The molecule has 0 aliphatic carbocycles. The van der Waals surface area contributed by atoms with E-state index in [2.05, 4.69) is 10.5 Å². The molecular formula is C17H21N3O4S. The Morgan fingerprint density at radius 3 is 2.24 bits per heavy atom. The Labute approximate surface area is 147 Å². The fourth-order valence-electron chi connectivity index (χ4n) is 2.19. The molecule has 0 aliphatic heterocycles. The number of hydrogen-bond acceptors (Lipinski definition) is 5. The van der Waals surface area contributed by atoms with Crippen molar-refractivity contribution < 1.29 is 17.6 Å². The third-order valence-corrected chi connectivity index (χ3v) is 5.49. The Hall–Kier alpha value is -2.45. The second-order valence-corrected chi connectivity index (χ2v) is 7.93. The van der Waals surface area contributed by atoms with Gasteiger partial charge in [0.15, 0.2) is 0 Å². The third-order valence-electron chi connectivity index (χ3n) is 3.66. The zero-order valence-electron chi connectivity index (χ0n) is 14.8. The summed E-state index contributed by atoms with van der Waals surface area (Å²) in [6.45, 7) is 5.20. The highest BCUT2D eigenvalue weighted by Crippen LogP contribution is 2.15. The van der Waals surface area contributed by atoms with Crippen molar-refractivity contribution in [2.75, 3.05) is 14.1 Å². The van der Waals surface area contributed by atoms with Crippen molar-refractivity contribution >= 4 is 21.6 Å². The van der Waals surface area contributed by atoms with Gasteiger partial charge in [0.2, 0.25) is 10.0 Å². The van der Waals surface area contributed by atoms with E-state index in [4.69, 9.17) is 4.42 Å². The number of nitrogens with one attached hydrogen (secondary N) is 1. The summed E-state index contributed by atoms with van der Waals surface area (Å²) in [7, 11) is -0.516. The van der Waals surface area contributed by atoms with E-state index >= 15 is 0 Å². The summed E-state index contributed by atoms with van der Waals surface area (Å²) in [5.74, 6) is 0.822. The van der Waals surface area contributed by atoms with E-state index in [0.717, 1.165) is 4.31 Å². The van der Waals surface area contributed by atoms with Crippen molar-refractivity contribution in [1.29, 1.82) is 0 Å². The molecular weight excluding hydrogens is 342 g/mol. The van der Waals surface area contributed by atoms with Crippen molar-refractivity contribution in [2.24, 2.45) is 5.10 Å². The van der Waals surface area contributed by atoms with E-state index in [-0.39, 0.29) is 10.8 Å². The maximum absolute atomic E-state index is 12.1. The maximum Gasteiger partial charge on any atom is 0.274 e. The minimum Gasteiger partial charge on any atom is -0.466 e. The van der Waals surface area contributed by atoms with Crippen LogP contribution in [0.2, 0.25) is 0 Å². The van der Waals surface area contributed by atoms with Gasteiger partial charge in [-0.2, -0.15) is 5.10 Å². The number of carbonyl (C=O) groups is 1. The highest BCUT2D eigenvalue weighted by Gasteiger charge is 2.17. The molecule has 0 unspecified atom stereocenters. The highest BCUT2D eigenvalue weighted by atomic mass is 32.2. The Morgan fingerprint density at radius 2 is 1.76 bits per heavy atom. The summed E-state index contributed by atoms with van der Waals surface area (Å²) >= 11 is 0. The highest BCUT2D eigenvalue weighted by molar-refractivity contribution is 7.89. The van der Waals surface area contributed by atoms with E-state index in [9.17, 15) is 13.2 Å². The van der Waals surface area contributed by atoms with Crippen LogP contribution < -0.4 is 5.43 Å². The van der Waals surface area contributed by atoms with Gasteiger partial charge in [-0.05, 0) is 44.5 Å². The van der Waals surface area contributed by atoms with Crippen LogP contribution in [0.25, 0.3) is 0 Å². The number of rotatable bonds is 5. The molecule has 0 radical (unpaired) electrons. The Kier molecular flexibility index (Phi) is 5.44. The molecule has 0 aliphatic rings. The molecule has 7 nitrogen and oxygen atoms in total. The van der Waals surface area contributed by atoms with Crippen molar-refractivity contribution in [3.8, 4) is 0 Å². The fourth-order valence-corrected chi connectivity index (χ4v) is 3.10. The van der Waals surface area contributed by atoms with E-state index in [1.165, 1.54) is 26.2 Å². The van der Waals surface area contributed by atoms with Gasteiger partial charge < -0.3 is 4.42 Å². The molecule has 2 aromatic rings. The van der Waals surface area contributed by atoms with E-state index < -0.39 is 10.0 Å². The lowest BCUT2D eigenvalue weighted by Gasteiger charge is -2.11. The SMILES string of the molecule is C/C(=N/NC(=O)c1cc(C)oc1C)c1ccc(S(=O)(=O)N(C)C)cc1. The molecule has 0 saturated heterocycles. The zero-order valence-corrected chi connectivity index (χ0v) is 15.6. The van der Waals surface area contributed by atoms with Crippen LogP contribution in [0.1, 0.15) is 34.4 Å². The van der Waals surface area contributed by atoms with Crippen LogP contribution >= 0.6 is 0 Å². The number of nitrogens with zero attached hydrogens (tertiary/aromatic N) is 2. The second-order valence-electron chi connectivity index (χ2n) is 5.78. The minimum absolute atomic E-state index is 0.197. The molecule has 1 heterocycles. The van der Waals surface area contributed by atoms with Gasteiger partial charge in [0.25, 0.3) is 5.91 Å². The van der Waals surface area contributed by atoms with E-state index in [1.54, 1.807) is 39.0 Å². The van der Waals surface area contributed by atoms with Crippen molar-refractivity contribution in [3.63, 3.8) is 0 Å².